The first-order valence-corrected chi connectivity index (χ1v) is 9.94. The minimum atomic E-state index is -1.01. The summed E-state index contributed by atoms with van der Waals surface area (Å²) in [7, 11) is 1.55. The summed E-state index contributed by atoms with van der Waals surface area (Å²) >= 11 is 1.66. The number of carboxylic acid groups (broad SMARTS) is 1. The van der Waals surface area contributed by atoms with Gasteiger partial charge in [-0.3, -0.25) is 4.79 Å². The van der Waals surface area contributed by atoms with E-state index in [9.17, 15) is 14.7 Å². The number of nitrogens with zero attached hydrogens (tertiary/aromatic N) is 1. The Hall–Kier alpha value is -2.92. The van der Waals surface area contributed by atoms with Crippen LogP contribution in [0.5, 0.6) is 0 Å². The molecular weight excluding hydrogens is 370 g/mol. The highest BCUT2D eigenvalue weighted by molar-refractivity contribution is 7.13. The molecule has 4 nitrogen and oxygen atoms in total. The van der Waals surface area contributed by atoms with E-state index in [1.54, 1.807) is 30.5 Å². The molecule has 0 aliphatic rings. The lowest BCUT2D eigenvalue weighted by molar-refractivity contribution is -0.141. The Morgan fingerprint density at radius 3 is 2.21 bits per heavy atom. The van der Waals surface area contributed by atoms with E-state index in [2.05, 4.69) is 6.07 Å². The number of benzene rings is 2. The number of hydrogen-bond donors (Lipinski definition) is 1. The minimum absolute atomic E-state index is 0.257. The number of amides is 1. The van der Waals surface area contributed by atoms with Crippen LogP contribution in [-0.4, -0.2) is 35.0 Å². The molecule has 0 spiro atoms. The van der Waals surface area contributed by atoms with Gasteiger partial charge in [0, 0.05) is 23.9 Å². The van der Waals surface area contributed by atoms with E-state index >= 15 is 0 Å². The summed E-state index contributed by atoms with van der Waals surface area (Å²) in [6, 6.07) is 16.5. The predicted octanol–water partition coefficient (Wildman–Crippen LogP) is 4.80. The molecule has 1 atom stereocenters. The van der Waals surface area contributed by atoms with Gasteiger partial charge in [0.05, 0.1) is 0 Å². The quantitative estimate of drug-likeness (QED) is 0.654. The van der Waals surface area contributed by atoms with Crippen LogP contribution >= 0.6 is 11.3 Å². The molecule has 1 aromatic heterocycles. The Bertz CT molecular complexity index is 957. The van der Waals surface area contributed by atoms with Gasteiger partial charge in [0.25, 0.3) is 5.91 Å². The number of thiophene rings is 1. The average molecular weight is 394 g/mol. The molecule has 28 heavy (non-hydrogen) atoms. The smallest absolute Gasteiger partial charge is 0.326 e. The van der Waals surface area contributed by atoms with Gasteiger partial charge in [0.2, 0.25) is 0 Å². The van der Waals surface area contributed by atoms with Crippen molar-refractivity contribution in [3.8, 4) is 10.4 Å². The first-order valence-electron chi connectivity index (χ1n) is 9.06. The summed E-state index contributed by atoms with van der Waals surface area (Å²) in [6.07, 6.45) is 0.257. The van der Waals surface area contributed by atoms with Crippen LogP contribution in [0.4, 0.5) is 0 Å². The fraction of sp³-hybridized carbons (Fsp3) is 0.217. The molecule has 0 bridgehead atoms. The number of likely N-dealkylation sites (N-methyl/N-ethyl adjacent to an activating group) is 1. The van der Waals surface area contributed by atoms with Gasteiger partial charge >= 0.3 is 5.97 Å². The van der Waals surface area contributed by atoms with Gasteiger partial charge in [-0.2, -0.15) is 0 Å². The van der Waals surface area contributed by atoms with Gasteiger partial charge in [-0.05, 0) is 48.6 Å². The second kappa shape index (κ2) is 8.40. The lowest BCUT2D eigenvalue weighted by Crippen LogP contribution is -2.43. The molecular formula is C23H23NO3S. The summed E-state index contributed by atoms with van der Waals surface area (Å²) in [4.78, 5) is 27.2. The molecule has 3 aromatic rings. The summed E-state index contributed by atoms with van der Waals surface area (Å²) < 4.78 is 0. The van der Waals surface area contributed by atoms with Crippen molar-refractivity contribution in [2.75, 3.05) is 7.05 Å². The minimum Gasteiger partial charge on any atom is -0.480 e. The van der Waals surface area contributed by atoms with E-state index in [1.165, 1.54) is 9.78 Å². The fourth-order valence-electron chi connectivity index (χ4n) is 3.30. The van der Waals surface area contributed by atoms with Crippen LogP contribution in [0.2, 0.25) is 0 Å². The van der Waals surface area contributed by atoms with Crippen molar-refractivity contribution in [2.24, 2.45) is 0 Å². The first kappa shape index (κ1) is 19.8. The number of aliphatic carboxylic acids is 1. The molecule has 3 rings (SSSR count). The van der Waals surface area contributed by atoms with Crippen molar-refractivity contribution in [1.82, 2.24) is 4.90 Å². The SMILES string of the molecule is Cc1cc(C)cc(C(=O)N(C)[C@@H](Cc2ccc(-c3cccs3)cc2)C(=O)O)c1. The molecule has 1 N–H and O–H groups in total. The van der Waals surface area contributed by atoms with Gasteiger partial charge in [-0.15, -0.1) is 11.3 Å². The normalized spacial score (nSPS) is 11.8. The highest BCUT2D eigenvalue weighted by atomic mass is 32.1. The van der Waals surface area contributed by atoms with E-state index in [0.29, 0.717) is 5.56 Å². The summed E-state index contributed by atoms with van der Waals surface area (Å²) in [5, 5.41) is 11.7. The first-order chi connectivity index (χ1) is 13.3. The number of carbonyl (C=O) groups excluding carboxylic acids is 1. The molecule has 2 aromatic carbocycles. The molecule has 0 radical (unpaired) electrons. The van der Waals surface area contributed by atoms with Crippen molar-refractivity contribution in [3.05, 3.63) is 82.2 Å². The van der Waals surface area contributed by atoms with Gasteiger partial charge < -0.3 is 10.0 Å². The number of carboxylic acids is 1. The van der Waals surface area contributed by atoms with Crippen LogP contribution in [0.15, 0.2) is 60.0 Å². The third-order valence-corrected chi connectivity index (χ3v) is 5.65. The van der Waals surface area contributed by atoms with Crippen LogP contribution in [0.25, 0.3) is 10.4 Å². The maximum Gasteiger partial charge on any atom is 0.326 e. The zero-order valence-corrected chi connectivity index (χ0v) is 17.0. The van der Waals surface area contributed by atoms with Crippen molar-refractivity contribution in [1.29, 1.82) is 0 Å². The highest BCUT2D eigenvalue weighted by Gasteiger charge is 2.27. The van der Waals surface area contributed by atoms with Crippen molar-refractivity contribution in [3.63, 3.8) is 0 Å². The summed E-state index contributed by atoms with van der Waals surface area (Å²) in [5.74, 6) is -1.29. The lowest BCUT2D eigenvalue weighted by Gasteiger charge is -2.25. The molecule has 1 amide bonds. The van der Waals surface area contributed by atoms with Gasteiger partial charge in [0.1, 0.15) is 6.04 Å². The monoisotopic (exact) mass is 393 g/mol. The molecule has 0 saturated heterocycles. The molecule has 0 saturated carbocycles. The van der Waals surface area contributed by atoms with Crippen molar-refractivity contribution in [2.45, 2.75) is 26.3 Å². The van der Waals surface area contributed by atoms with E-state index in [1.807, 2.05) is 55.6 Å². The van der Waals surface area contributed by atoms with Crippen LogP contribution in [0.1, 0.15) is 27.0 Å². The molecule has 0 fully saturated rings. The van der Waals surface area contributed by atoms with E-state index in [0.717, 1.165) is 22.3 Å². The number of aryl methyl sites for hydroxylation is 2. The molecule has 0 unspecified atom stereocenters. The van der Waals surface area contributed by atoms with E-state index < -0.39 is 12.0 Å². The zero-order chi connectivity index (χ0) is 20.3. The van der Waals surface area contributed by atoms with E-state index in [4.69, 9.17) is 0 Å². The summed E-state index contributed by atoms with van der Waals surface area (Å²) in [5.41, 5.74) is 4.46. The maximum absolute atomic E-state index is 12.9. The van der Waals surface area contributed by atoms with Crippen molar-refractivity contribution < 1.29 is 14.7 Å². The third-order valence-electron chi connectivity index (χ3n) is 4.73. The Balaban J connectivity index is 1.79. The molecule has 144 valence electrons. The van der Waals surface area contributed by atoms with Crippen LogP contribution in [0.3, 0.4) is 0 Å². The van der Waals surface area contributed by atoms with Gasteiger partial charge in [0.15, 0.2) is 0 Å². The molecule has 1 heterocycles. The van der Waals surface area contributed by atoms with Crippen molar-refractivity contribution >= 4 is 23.2 Å². The molecule has 0 aliphatic carbocycles. The highest BCUT2D eigenvalue weighted by Crippen LogP contribution is 2.25. The van der Waals surface area contributed by atoms with Gasteiger partial charge in [-0.1, -0.05) is 47.5 Å². The van der Waals surface area contributed by atoms with Crippen LogP contribution in [0, 0.1) is 13.8 Å². The number of carbonyl (C=O) groups is 2. The second-order valence-electron chi connectivity index (χ2n) is 7.02. The molecule has 5 heteroatoms. The number of hydrogen-bond acceptors (Lipinski definition) is 3. The Labute approximate surface area is 169 Å². The zero-order valence-electron chi connectivity index (χ0n) is 16.2. The standard InChI is InChI=1S/C23H23NO3S/c1-15-11-16(2)13-19(12-15)22(25)24(3)20(23(26)27)14-17-6-8-18(9-7-17)21-5-4-10-28-21/h4-13,20H,14H2,1-3H3,(H,26,27)/t20-/m0/s1. The molecule has 0 aliphatic heterocycles. The Morgan fingerprint density at radius 1 is 1.04 bits per heavy atom. The van der Waals surface area contributed by atoms with Crippen LogP contribution < -0.4 is 0 Å². The third kappa shape index (κ3) is 4.49. The van der Waals surface area contributed by atoms with E-state index in [-0.39, 0.29) is 12.3 Å². The predicted molar refractivity (Wildman–Crippen MR) is 113 cm³/mol. The Kier molecular flexibility index (Phi) is 5.95. The van der Waals surface area contributed by atoms with Gasteiger partial charge in [-0.25, -0.2) is 4.79 Å². The topological polar surface area (TPSA) is 57.6 Å². The second-order valence-corrected chi connectivity index (χ2v) is 7.97. The lowest BCUT2D eigenvalue weighted by atomic mass is 10.0. The number of rotatable bonds is 6. The van der Waals surface area contributed by atoms with Crippen LogP contribution in [-0.2, 0) is 11.2 Å². The summed E-state index contributed by atoms with van der Waals surface area (Å²) in [6.45, 7) is 3.85. The Morgan fingerprint density at radius 2 is 1.68 bits per heavy atom. The largest absolute Gasteiger partial charge is 0.480 e. The average Bonchev–Trinajstić information content (AvgIpc) is 3.19. The maximum atomic E-state index is 12.9. The fourth-order valence-corrected chi connectivity index (χ4v) is 4.04.